The summed E-state index contributed by atoms with van der Waals surface area (Å²) in [5, 5.41) is 13.0. The molecule has 4 nitrogen and oxygen atoms in total. The van der Waals surface area contributed by atoms with Gasteiger partial charge in [-0.2, -0.15) is 0 Å². The normalized spacial score (nSPS) is 23.7. The number of ether oxygens (including phenoxy) is 1. The molecule has 0 aliphatic carbocycles. The summed E-state index contributed by atoms with van der Waals surface area (Å²) in [5.74, 6) is 0.705. The third-order valence-electron chi connectivity index (χ3n) is 4.36. The number of methoxy groups -OCH3 is 1. The fraction of sp³-hybridized carbons (Fsp3) is 1.00. The van der Waals surface area contributed by atoms with Crippen LogP contribution in [-0.4, -0.2) is 62.0 Å². The molecule has 2 N–H and O–H groups in total. The van der Waals surface area contributed by atoms with Crippen molar-refractivity contribution in [2.24, 2.45) is 5.92 Å². The first-order valence-electron chi connectivity index (χ1n) is 8.20. The molecular weight excluding hydrogens is 252 g/mol. The van der Waals surface area contributed by atoms with Gasteiger partial charge in [0.15, 0.2) is 0 Å². The first-order valence-corrected chi connectivity index (χ1v) is 8.20. The smallest absolute Gasteiger partial charge is 0.0610 e. The Labute approximate surface area is 124 Å². The van der Waals surface area contributed by atoms with Gasteiger partial charge < -0.3 is 20.1 Å². The van der Waals surface area contributed by atoms with E-state index in [9.17, 15) is 5.11 Å². The first kappa shape index (κ1) is 17.9. The summed E-state index contributed by atoms with van der Waals surface area (Å²) in [7, 11) is 1.80. The third kappa shape index (κ3) is 6.53. The monoisotopic (exact) mass is 286 g/mol. The molecule has 0 amide bonds. The van der Waals surface area contributed by atoms with Crippen molar-refractivity contribution in [3.63, 3.8) is 0 Å². The van der Waals surface area contributed by atoms with E-state index < -0.39 is 0 Å². The molecule has 0 aromatic rings. The summed E-state index contributed by atoms with van der Waals surface area (Å²) in [6.07, 6.45) is 5.89. The van der Waals surface area contributed by atoms with Gasteiger partial charge in [0.1, 0.15) is 0 Å². The minimum Gasteiger partial charge on any atom is -0.394 e. The lowest BCUT2D eigenvalue weighted by Gasteiger charge is -2.34. The predicted octanol–water partition coefficient (Wildman–Crippen LogP) is 1.88. The molecule has 0 bridgehead atoms. The second kappa shape index (κ2) is 9.72. The largest absolute Gasteiger partial charge is 0.394 e. The van der Waals surface area contributed by atoms with E-state index in [1.54, 1.807) is 7.11 Å². The molecule has 1 fully saturated rings. The second-order valence-electron chi connectivity index (χ2n) is 6.51. The molecule has 1 saturated heterocycles. The molecule has 4 heteroatoms. The number of likely N-dealkylation sites (tertiary alicyclic amines) is 1. The van der Waals surface area contributed by atoms with E-state index in [-0.39, 0.29) is 12.1 Å². The molecule has 120 valence electrons. The van der Waals surface area contributed by atoms with Crippen LogP contribution in [0.25, 0.3) is 0 Å². The number of nitrogens with zero attached hydrogens (tertiary/aromatic N) is 1. The highest BCUT2D eigenvalue weighted by Crippen LogP contribution is 2.18. The summed E-state index contributed by atoms with van der Waals surface area (Å²) in [5.41, 5.74) is -0.113. The van der Waals surface area contributed by atoms with Gasteiger partial charge in [-0.1, -0.05) is 6.92 Å². The van der Waals surface area contributed by atoms with Crippen molar-refractivity contribution in [3.05, 3.63) is 0 Å². The molecule has 1 aliphatic rings. The zero-order chi connectivity index (χ0) is 14.8. The molecule has 0 aromatic carbocycles. The highest BCUT2D eigenvalue weighted by molar-refractivity contribution is 4.83. The SMILES string of the molecule is CCCNC(C)(CO)CCCN1CCCC(COC)C1. The van der Waals surface area contributed by atoms with Crippen LogP contribution in [0.3, 0.4) is 0 Å². The van der Waals surface area contributed by atoms with Gasteiger partial charge in [-0.25, -0.2) is 0 Å². The Morgan fingerprint density at radius 2 is 2.25 bits per heavy atom. The molecule has 0 saturated carbocycles. The number of nitrogens with one attached hydrogen (secondary N) is 1. The highest BCUT2D eigenvalue weighted by atomic mass is 16.5. The van der Waals surface area contributed by atoms with Gasteiger partial charge in [0, 0.05) is 19.2 Å². The van der Waals surface area contributed by atoms with Crippen molar-refractivity contribution < 1.29 is 9.84 Å². The average Bonchev–Trinajstić information content (AvgIpc) is 2.46. The standard InChI is InChI=1S/C16H34N2O2/c1-4-9-17-16(2,14-19)8-6-11-18-10-5-7-15(12-18)13-20-3/h15,17,19H,4-14H2,1-3H3. The maximum atomic E-state index is 9.57. The number of piperidine rings is 1. The zero-order valence-corrected chi connectivity index (χ0v) is 13.7. The van der Waals surface area contributed by atoms with Gasteiger partial charge in [-0.3, -0.25) is 0 Å². The Morgan fingerprint density at radius 3 is 2.90 bits per heavy atom. The quantitative estimate of drug-likeness (QED) is 0.643. The Bertz CT molecular complexity index is 249. The number of aliphatic hydroxyl groups excluding tert-OH is 1. The van der Waals surface area contributed by atoms with Gasteiger partial charge >= 0.3 is 0 Å². The van der Waals surface area contributed by atoms with Gasteiger partial charge in [0.2, 0.25) is 0 Å². The van der Waals surface area contributed by atoms with Crippen molar-refractivity contribution in [3.8, 4) is 0 Å². The van der Waals surface area contributed by atoms with Crippen molar-refractivity contribution in [2.75, 3.05) is 46.5 Å². The number of hydrogen-bond acceptors (Lipinski definition) is 4. The predicted molar refractivity (Wildman–Crippen MR) is 84.1 cm³/mol. The third-order valence-corrected chi connectivity index (χ3v) is 4.36. The molecule has 0 spiro atoms. The lowest BCUT2D eigenvalue weighted by Crippen LogP contribution is -2.47. The van der Waals surface area contributed by atoms with E-state index in [0.717, 1.165) is 39.0 Å². The maximum Gasteiger partial charge on any atom is 0.0610 e. The van der Waals surface area contributed by atoms with Crippen LogP contribution < -0.4 is 5.32 Å². The van der Waals surface area contributed by atoms with Crippen molar-refractivity contribution >= 4 is 0 Å². The minimum atomic E-state index is -0.113. The van der Waals surface area contributed by atoms with Gasteiger partial charge in [-0.15, -0.1) is 0 Å². The topological polar surface area (TPSA) is 44.7 Å². The van der Waals surface area contributed by atoms with Crippen molar-refractivity contribution in [1.29, 1.82) is 0 Å². The molecule has 2 atom stereocenters. The molecular formula is C16H34N2O2. The average molecular weight is 286 g/mol. The second-order valence-corrected chi connectivity index (χ2v) is 6.51. The fourth-order valence-corrected chi connectivity index (χ4v) is 3.07. The van der Waals surface area contributed by atoms with E-state index in [4.69, 9.17) is 4.74 Å². The molecule has 0 radical (unpaired) electrons. The number of aliphatic hydroxyl groups is 1. The van der Waals surface area contributed by atoms with E-state index in [0.29, 0.717) is 5.92 Å². The lowest BCUT2D eigenvalue weighted by atomic mass is 9.95. The Hall–Kier alpha value is -0.160. The van der Waals surface area contributed by atoms with Gasteiger partial charge in [0.05, 0.1) is 13.2 Å². The van der Waals surface area contributed by atoms with Crippen molar-refractivity contribution in [2.45, 2.75) is 51.5 Å². The van der Waals surface area contributed by atoms with Gasteiger partial charge in [0.25, 0.3) is 0 Å². The maximum absolute atomic E-state index is 9.57. The number of rotatable bonds is 10. The zero-order valence-electron chi connectivity index (χ0n) is 13.7. The van der Waals surface area contributed by atoms with E-state index in [1.807, 2.05) is 0 Å². The summed E-state index contributed by atoms with van der Waals surface area (Å²) >= 11 is 0. The molecule has 20 heavy (non-hydrogen) atoms. The van der Waals surface area contributed by atoms with E-state index >= 15 is 0 Å². The summed E-state index contributed by atoms with van der Waals surface area (Å²) in [6.45, 7) is 9.92. The first-order chi connectivity index (χ1) is 9.63. The lowest BCUT2D eigenvalue weighted by molar-refractivity contribution is 0.0867. The molecule has 2 unspecified atom stereocenters. The Kier molecular flexibility index (Phi) is 8.69. The summed E-state index contributed by atoms with van der Waals surface area (Å²) < 4.78 is 5.28. The molecule has 0 aromatic heterocycles. The van der Waals surface area contributed by atoms with E-state index in [2.05, 4.69) is 24.1 Å². The van der Waals surface area contributed by atoms with Crippen LogP contribution in [0.4, 0.5) is 0 Å². The number of hydrogen-bond donors (Lipinski definition) is 2. The summed E-state index contributed by atoms with van der Waals surface area (Å²) in [4.78, 5) is 2.56. The Balaban J connectivity index is 2.24. The molecule has 1 aliphatic heterocycles. The molecule has 1 heterocycles. The van der Waals surface area contributed by atoms with E-state index in [1.165, 1.54) is 25.9 Å². The van der Waals surface area contributed by atoms with Crippen LogP contribution in [-0.2, 0) is 4.74 Å². The van der Waals surface area contributed by atoms with Gasteiger partial charge in [-0.05, 0) is 64.6 Å². The van der Waals surface area contributed by atoms with Crippen LogP contribution in [0.15, 0.2) is 0 Å². The minimum absolute atomic E-state index is 0.113. The van der Waals surface area contributed by atoms with Crippen LogP contribution in [0.2, 0.25) is 0 Å². The van der Waals surface area contributed by atoms with Crippen LogP contribution >= 0.6 is 0 Å². The van der Waals surface area contributed by atoms with Crippen LogP contribution in [0.1, 0.15) is 46.0 Å². The van der Waals surface area contributed by atoms with Crippen molar-refractivity contribution in [1.82, 2.24) is 10.2 Å². The van der Waals surface area contributed by atoms with Crippen LogP contribution in [0, 0.1) is 5.92 Å². The summed E-state index contributed by atoms with van der Waals surface area (Å²) in [6, 6.07) is 0. The highest BCUT2D eigenvalue weighted by Gasteiger charge is 2.23. The fourth-order valence-electron chi connectivity index (χ4n) is 3.07. The Morgan fingerprint density at radius 1 is 1.45 bits per heavy atom. The molecule has 1 rings (SSSR count). The van der Waals surface area contributed by atoms with Crippen LogP contribution in [0.5, 0.6) is 0 Å².